The Morgan fingerprint density at radius 2 is 1.96 bits per heavy atom. The number of hydrogen-bond acceptors (Lipinski definition) is 4. The van der Waals surface area contributed by atoms with Gasteiger partial charge in [-0.25, -0.2) is 0 Å². The Labute approximate surface area is 158 Å². The van der Waals surface area contributed by atoms with Gasteiger partial charge in [0.05, 0.1) is 23.3 Å². The Bertz CT molecular complexity index is 607. The van der Waals surface area contributed by atoms with Gasteiger partial charge in [-0.2, -0.15) is 0 Å². The van der Waals surface area contributed by atoms with Gasteiger partial charge in [0.25, 0.3) is 0 Å². The predicted molar refractivity (Wildman–Crippen MR) is 99.4 cm³/mol. The summed E-state index contributed by atoms with van der Waals surface area (Å²) in [6.07, 6.45) is 0.225. The Morgan fingerprint density at radius 3 is 2.60 bits per heavy atom. The maximum atomic E-state index is 12.0. The summed E-state index contributed by atoms with van der Waals surface area (Å²) < 4.78 is 5.29. The molecule has 8 heteroatoms. The zero-order chi connectivity index (χ0) is 18.2. The van der Waals surface area contributed by atoms with E-state index in [2.05, 4.69) is 10.2 Å². The summed E-state index contributed by atoms with van der Waals surface area (Å²) in [5.74, 6) is -0.237. The average molecular weight is 388 g/mol. The number of amides is 2. The summed E-state index contributed by atoms with van der Waals surface area (Å²) in [5, 5.41) is 3.69. The van der Waals surface area contributed by atoms with Crippen LogP contribution in [0.15, 0.2) is 18.2 Å². The highest BCUT2D eigenvalue weighted by atomic mass is 35.5. The van der Waals surface area contributed by atoms with Crippen molar-refractivity contribution in [3.8, 4) is 0 Å². The summed E-state index contributed by atoms with van der Waals surface area (Å²) in [4.78, 5) is 27.7. The van der Waals surface area contributed by atoms with Crippen molar-refractivity contribution in [2.24, 2.45) is 0 Å². The molecule has 1 saturated heterocycles. The number of nitrogens with zero attached hydrogens (tertiary/aromatic N) is 2. The van der Waals surface area contributed by atoms with Gasteiger partial charge in [0, 0.05) is 51.8 Å². The molecule has 0 unspecified atom stereocenters. The van der Waals surface area contributed by atoms with Crippen molar-refractivity contribution in [2.75, 3.05) is 50.8 Å². The number of morpholine rings is 1. The van der Waals surface area contributed by atoms with Gasteiger partial charge in [0.1, 0.15) is 0 Å². The number of hydrogen-bond donors (Lipinski definition) is 1. The minimum atomic E-state index is -0.153. The highest BCUT2D eigenvalue weighted by Gasteiger charge is 2.15. The molecule has 25 heavy (non-hydrogen) atoms. The van der Waals surface area contributed by atoms with E-state index < -0.39 is 0 Å². The lowest BCUT2D eigenvalue weighted by molar-refractivity contribution is -0.121. The summed E-state index contributed by atoms with van der Waals surface area (Å²) in [6, 6.07) is 4.98. The maximum Gasteiger partial charge on any atom is 0.223 e. The predicted octanol–water partition coefficient (Wildman–Crippen LogP) is 2.18. The number of carbonyl (C=O) groups is 2. The Hall–Kier alpha value is -1.34. The Kier molecular flexibility index (Phi) is 7.96. The molecular formula is C17H23Cl2N3O3. The molecule has 0 saturated carbocycles. The van der Waals surface area contributed by atoms with Gasteiger partial charge in [-0.15, -0.1) is 0 Å². The van der Waals surface area contributed by atoms with Gasteiger partial charge in [-0.05, 0) is 18.2 Å². The Morgan fingerprint density at radius 1 is 1.24 bits per heavy atom. The van der Waals surface area contributed by atoms with E-state index in [-0.39, 0.29) is 24.8 Å². The van der Waals surface area contributed by atoms with Crippen LogP contribution in [0.4, 0.5) is 5.69 Å². The second-order valence-electron chi connectivity index (χ2n) is 5.82. The van der Waals surface area contributed by atoms with Gasteiger partial charge in [0.15, 0.2) is 0 Å². The van der Waals surface area contributed by atoms with Crippen molar-refractivity contribution in [3.05, 3.63) is 28.2 Å². The van der Waals surface area contributed by atoms with Gasteiger partial charge in [-0.3, -0.25) is 14.5 Å². The molecule has 2 rings (SSSR count). The maximum absolute atomic E-state index is 12.0. The van der Waals surface area contributed by atoms with Crippen LogP contribution in [0.5, 0.6) is 0 Å². The molecular weight excluding hydrogens is 365 g/mol. The van der Waals surface area contributed by atoms with Crippen LogP contribution in [0, 0.1) is 0 Å². The molecule has 0 spiro atoms. The van der Waals surface area contributed by atoms with Crippen molar-refractivity contribution in [1.82, 2.24) is 10.2 Å². The number of nitrogens with one attached hydrogen (secondary N) is 1. The van der Waals surface area contributed by atoms with E-state index in [1.54, 1.807) is 18.2 Å². The number of carbonyl (C=O) groups excluding carboxylic acids is 2. The van der Waals surface area contributed by atoms with Crippen molar-refractivity contribution < 1.29 is 14.3 Å². The summed E-state index contributed by atoms with van der Waals surface area (Å²) in [6.45, 7) is 6.41. The Balaban J connectivity index is 1.78. The zero-order valence-corrected chi connectivity index (χ0v) is 15.8. The molecule has 1 N–H and O–H groups in total. The molecule has 0 bridgehead atoms. The minimum Gasteiger partial charge on any atom is -0.379 e. The molecule has 0 radical (unpaired) electrons. The SMILES string of the molecule is CC(=O)N(CCC(=O)NCCN1CCOCC1)c1ccc(Cl)c(Cl)c1. The number of ether oxygens (including phenoxy) is 1. The first kappa shape index (κ1) is 20.0. The molecule has 1 aromatic rings. The van der Waals surface area contributed by atoms with Crippen LogP contribution in [0.3, 0.4) is 0 Å². The van der Waals surface area contributed by atoms with Gasteiger partial charge in [-0.1, -0.05) is 23.2 Å². The van der Waals surface area contributed by atoms with Crippen molar-refractivity contribution >= 4 is 40.7 Å². The van der Waals surface area contributed by atoms with Crippen LogP contribution < -0.4 is 10.2 Å². The molecule has 1 aliphatic rings. The summed E-state index contributed by atoms with van der Waals surface area (Å²) >= 11 is 11.9. The van der Waals surface area contributed by atoms with Crippen LogP contribution in [0.1, 0.15) is 13.3 Å². The lowest BCUT2D eigenvalue weighted by atomic mass is 10.2. The normalized spacial score (nSPS) is 15.0. The van der Waals surface area contributed by atoms with Crippen molar-refractivity contribution in [1.29, 1.82) is 0 Å². The van der Waals surface area contributed by atoms with Gasteiger partial charge < -0.3 is 15.0 Å². The second kappa shape index (κ2) is 9.97. The highest BCUT2D eigenvalue weighted by molar-refractivity contribution is 6.42. The third kappa shape index (κ3) is 6.47. The fraction of sp³-hybridized carbons (Fsp3) is 0.529. The quantitative estimate of drug-likeness (QED) is 0.778. The fourth-order valence-corrected chi connectivity index (χ4v) is 2.89. The van der Waals surface area contributed by atoms with Crippen molar-refractivity contribution in [2.45, 2.75) is 13.3 Å². The molecule has 138 valence electrons. The second-order valence-corrected chi connectivity index (χ2v) is 6.64. The summed E-state index contributed by atoms with van der Waals surface area (Å²) in [5.41, 5.74) is 0.628. The molecule has 6 nitrogen and oxygen atoms in total. The molecule has 0 aromatic heterocycles. The van der Waals surface area contributed by atoms with E-state index >= 15 is 0 Å². The lowest BCUT2D eigenvalue weighted by Gasteiger charge is -2.26. The topological polar surface area (TPSA) is 61.9 Å². The highest BCUT2D eigenvalue weighted by Crippen LogP contribution is 2.27. The molecule has 1 aromatic carbocycles. The van der Waals surface area contributed by atoms with Crippen LogP contribution in [0.25, 0.3) is 0 Å². The smallest absolute Gasteiger partial charge is 0.223 e. The van der Waals surface area contributed by atoms with E-state index in [9.17, 15) is 9.59 Å². The van der Waals surface area contributed by atoms with Gasteiger partial charge in [0.2, 0.25) is 11.8 Å². The average Bonchev–Trinajstić information content (AvgIpc) is 2.59. The van der Waals surface area contributed by atoms with E-state index in [1.165, 1.54) is 11.8 Å². The molecule has 0 atom stereocenters. The lowest BCUT2D eigenvalue weighted by Crippen LogP contribution is -2.42. The van der Waals surface area contributed by atoms with Crippen LogP contribution >= 0.6 is 23.2 Å². The molecule has 2 amide bonds. The molecule has 1 aliphatic heterocycles. The van der Waals surface area contributed by atoms with Crippen LogP contribution in [0.2, 0.25) is 10.0 Å². The third-order valence-corrected chi connectivity index (χ3v) is 4.75. The van der Waals surface area contributed by atoms with Crippen LogP contribution in [-0.2, 0) is 14.3 Å². The monoisotopic (exact) mass is 387 g/mol. The molecule has 0 aliphatic carbocycles. The van der Waals surface area contributed by atoms with Crippen LogP contribution in [-0.4, -0.2) is 62.7 Å². The van der Waals surface area contributed by atoms with E-state index in [0.29, 0.717) is 22.3 Å². The third-order valence-electron chi connectivity index (χ3n) is 4.01. The van der Waals surface area contributed by atoms with E-state index in [1.807, 2.05) is 0 Å². The fourth-order valence-electron chi connectivity index (χ4n) is 2.60. The number of rotatable bonds is 7. The molecule has 1 heterocycles. The number of halogens is 2. The number of benzene rings is 1. The number of anilines is 1. The first-order chi connectivity index (χ1) is 12.0. The summed E-state index contributed by atoms with van der Waals surface area (Å²) in [7, 11) is 0. The largest absolute Gasteiger partial charge is 0.379 e. The minimum absolute atomic E-state index is 0.0837. The first-order valence-electron chi connectivity index (χ1n) is 8.27. The first-order valence-corrected chi connectivity index (χ1v) is 9.03. The standard InChI is InChI=1S/C17H23Cl2N3O3/c1-13(23)22(14-2-3-15(18)16(19)12-14)6-4-17(24)20-5-7-21-8-10-25-11-9-21/h2-3,12H,4-11H2,1H3,(H,20,24). The van der Waals surface area contributed by atoms with Crippen molar-refractivity contribution in [3.63, 3.8) is 0 Å². The van der Waals surface area contributed by atoms with E-state index in [4.69, 9.17) is 27.9 Å². The van der Waals surface area contributed by atoms with E-state index in [0.717, 1.165) is 32.8 Å². The zero-order valence-electron chi connectivity index (χ0n) is 14.3. The van der Waals surface area contributed by atoms with Gasteiger partial charge >= 0.3 is 0 Å². The molecule has 1 fully saturated rings.